The van der Waals surface area contributed by atoms with Crippen molar-refractivity contribution in [1.29, 1.82) is 0 Å². The van der Waals surface area contributed by atoms with Crippen molar-refractivity contribution in [3.63, 3.8) is 0 Å². The lowest BCUT2D eigenvalue weighted by molar-refractivity contribution is -0.139. The molecule has 0 unspecified atom stereocenters. The molecule has 110 valence electrons. The maximum absolute atomic E-state index is 11.8. The van der Waals surface area contributed by atoms with Gasteiger partial charge in [-0.25, -0.2) is 0 Å². The van der Waals surface area contributed by atoms with E-state index in [1.165, 1.54) is 7.11 Å². The van der Waals surface area contributed by atoms with E-state index in [2.05, 4.69) is 10.2 Å². The second-order valence-corrected chi connectivity index (χ2v) is 4.91. The number of nitrogens with zero attached hydrogens (tertiary/aromatic N) is 1. The van der Waals surface area contributed by atoms with E-state index < -0.39 is 0 Å². The van der Waals surface area contributed by atoms with Gasteiger partial charge in [0.2, 0.25) is 0 Å². The largest absolute Gasteiger partial charge is 0.469 e. The number of hydrogen-bond donors (Lipinski definition) is 1. The van der Waals surface area contributed by atoms with Crippen molar-refractivity contribution in [2.24, 2.45) is 0 Å². The number of methoxy groups -OCH3 is 1. The molecular formula is C18H16N2O2. The Hall–Kier alpha value is -2.88. The minimum atomic E-state index is -0.282. The molecule has 3 aromatic rings. The monoisotopic (exact) mass is 292 g/mol. The number of hydrogen-bond acceptors (Lipinski definition) is 3. The molecule has 22 heavy (non-hydrogen) atoms. The average molecular weight is 292 g/mol. The number of aromatic nitrogens is 2. The van der Waals surface area contributed by atoms with Crippen molar-refractivity contribution >= 4 is 5.97 Å². The molecule has 0 saturated carbocycles. The molecule has 0 radical (unpaired) electrons. The third-order valence-electron chi connectivity index (χ3n) is 3.53. The van der Waals surface area contributed by atoms with Gasteiger partial charge in [0.05, 0.1) is 24.9 Å². The van der Waals surface area contributed by atoms with Crippen LogP contribution < -0.4 is 0 Å². The number of H-pyrrole nitrogens is 1. The van der Waals surface area contributed by atoms with Gasteiger partial charge < -0.3 is 4.74 Å². The van der Waals surface area contributed by atoms with Gasteiger partial charge in [-0.2, -0.15) is 5.10 Å². The molecule has 0 fully saturated rings. The van der Waals surface area contributed by atoms with E-state index in [0.29, 0.717) is 0 Å². The molecule has 1 heterocycles. The van der Waals surface area contributed by atoms with E-state index in [0.717, 1.165) is 28.1 Å². The second kappa shape index (κ2) is 6.26. The molecule has 0 aliphatic carbocycles. The van der Waals surface area contributed by atoms with E-state index in [-0.39, 0.29) is 12.4 Å². The lowest BCUT2D eigenvalue weighted by atomic mass is 9.99. The van der Waals surface area contributed by atoms with Crippen LogP contribution in [-0.2, 0) is 16.0 Å². The minimum Gasteiger partial charge on any atom is -0.469 e. The standard InChI is InChI=1S/C18H16N2O2/c1-22-16(21)12-15-17(13-8-4-2-5-9-13)19-20-18(15)14-10-6-3-7-11-14/h2-11H,12H2,1H3,(H,19,20). The molecule has 0 atom stereocenters. The zero-order chi connectivity index (χ0) is 15.4. The molecular weight excluding hydrogens is 276 g/mol. The number of rotatable bonds is 4. The molecule has 1 N–H and O–H groups in total. The summed E-state index contributed by atoms with van der Waals surface area (Å²) in [6.45, 7) is 0. The number of esters is 1. The van der Waals surface area contributed by atoms with Crippen LogP contribution in [0.3, 0.4) is 0 Å². The zero-order valence-electron chi connectivity index (χ0n) is 12.2. The Kier molecular flexibility index (Phi) is 4.01. The molecule has 0 spiro atoms. The number of aromatic amines is 1. The Morgan fingerprint density at radius 3 is 2.18 bits per heavy atom. The Bertz CT molecular complexity index is 707. The summed E-state index contributed by atoms with van der Waals surface area (Å²) in [5.74, 6) is -0.282. The number of carbonyl (C=O) groups excluding carboxylic acids is 1. The van der Waals surface area contributed by atoms with E-state index in [1.54, 1.807) is 0 Å². The molecule has 0 aliphatic heterocycles. The van der Waals surface area contributed by atoms with Gasteiger partial charge in [-0.3, -0.25) is 9.89 Å². The van der Waals surface area contributed by atoms with Crippen molar-refractivity contribution in [3.8, 4) is 22.5 Å². The van der Waals surface area contributed by atoms with Crippen LogP contribution in [0.2, 0.25) is 0 Å². The van der Waals surface area contributed by atoms with E-state index in [1.807, 2.05) is 60.7 Å². The maximum Gasteiger partial charge on any atom is 0.310 e. The Labute approximate surface area is 128 Å². The summed E-state index contributed by atoms with van der Waals surface area (Å²) in [6, 6.07) is 19.7. The summed E-state index contributed by atoms with van der Waals surface area (Å²) >= 11 is 0. The summed E-state index contributed by atoms with van der Waals surface area (Å²) in [5, 5.41) is 7.48. The highest BCUT2D eigenvalue weighted by molar-refractivity contribution is 5.82. The van der Waals surface area contributed by atoms with Gasteiger partial charge in [0, 0.05) is 11.1 Å². The van der Waals surface area contributed by atoms with Crippen LogP contribution in [0.15, 0.2) is 60.7 Å². The van der Waals surface area contributed by atoms with Crippen molar-refractivity contribution in [2.45, 2.75) is 6.42 Å². The quantitative estimate of drug-likeness (QED) is 0.749. The predicted octanol–water partition coefficient (Wildman–Crippen LogP) is 3.46. The molecule has 0 aliphatic rings. The number of benzene rings is 2. The zero-order valence-corrected chi connectivity index (χ0v) is 12.2. The highest BCUT2D eigenvalue weighted by Crippen LogP contribution is 2.30. The molecule has 3 rings (SSSR count). The molecule has 0 bridgehead atoms. The van der Waals surface area contributed by atoms with Crippen LogP contribution in [0, 0.1) is 0 Å². The average Bonchev–Trinajstić information content (AvgIpc) is 3.00. The van der Waals surface area contributed by atoms with Crippen LogP contribution in [0.25, 0.3) is 22.5 Å². The van der Waals surface area contributed by atoms with Crippen molar-refractivity contribution < 1.29 is 9.53 Å². The van der Waals surface area contributed by atoms with Crippen molar-refractivity contribution in [3.05, 3.63) is 66.2 Å². The van der Waals surface area contributed by atoms with Gasteiger partial charge in [-0.15, -0.1) is 0 Å². The summed E-state index contributed by atoms with van der Waals surface area (Å²) < 4.78 is 4.82. The number of nitrogens with one attached hydrogen (secondary N) is 1. The number of ether oxygens (including phenoxy) is 1. The lowest BCUT2D eigenvalue weighted by Crippen LogP contribution is -2.05. The van der Waals surface area contributed by atoms with Gasteiger partial charge >= 0.3 is 5.97 Å². The lowest BCUT2D eigenvalue weighted by Gasteiger charge is -2.05. The van der Waals surface area contributed by atoms with Crippen LogP contribution >= 0.6 is 0 Å². The van der Waals surface area contributed by atoms with E-state index >= 15 is 0 Å². The fraction of sp³-hybridized carbons (Fsp3) is 0.111. The third-order valence-corrected chi connectivity index (χ3v) is 3.53. The van der Waals surface area contributed by atoms with Crippen LogP contribution in [-0.4, -0.2) is 23.3 Å². The van der Waals surface area contributed by atoms with Crippen molar-refractivity contribution in [2.75, 3.05) is 7.11 Å². The topological polar surface area (TPSA) is 55.0 Å². The third kappa shape index (κ3) is 2.76. The van der Waals surface area contributed by atoms with Crippen LogP contribution in [0.4, 0.5) is 0 Å². The Balaban J connectivity index is 2.12. The Morgan fingerprint density at radius 2 is 1.59 bits per heavy atom. The van der Waals surface area contributed by atoms with Crippen LogP contribution in [0.1, 0.15) is 5.56 Å². The van der Waals surface area contributed by atoms with Gasteiger partial charge in [-0.05, 0) is 5.56 Å². The molecule has 2 aromatic carbocycles. The summed E-state index contributed by atoms with van der Waals surface area (Å²) in [4.78, 5) is 11.8. The maximum atomic E-state index is 11.8. The smallest absolute Gasteiger partial charge is 0.310 e. The van der Waals surface area contributed by atoms with Gasteiger partial charge in [-0.1, -0.05) is 60.7 Å². The number of carbonyl (C=O) groups is 1. The second-order valence-electron chi connectivity index (χ2n) is 4.91. The first kappa shape index (κ1) is 14.1. The molecule has 4 nitrogen and oxygen atoms in total. The minimum absolute atomic E-state index is 0.182. The van der Waals surface area contributed by atoms with Gasteiger partial charge in [0.1, 0.15) is 0 Å². The molecule has 0 amide bonds. The molecule has 1 aromatic heterocycles. The summed E-state index contributed by atoms with van der Waals surface area (Å²) in [7, 11) is 1.40. The fourth-order valence-corrected chi connectivity index (χ4v) is 2.43. The van der Waals surface area contributed by atoms with E-state index in [9.17, 15) is 4.79 Å². The normalized spacial score (nSPS) is 10.4. The predicted molar refractivity (Wildman–Crippen MR) is 85.2 cm³/mol. The fourth-order valence-electron chi connectivity index (χ4n) is 2.43. The first-order chi connectivity index (χ1) is 10.8. The highest BCUT2D eigenvalue weighted by atomic mass is 16.5. The van der Waals surface area contributed by atoms with Crippen molar-refractivity contribution in [1.82, 2.24) is 10.2 Å². The highest BCUT2D eigenvalue weighted by Gasteiger charge is 2.19. The SMILES string of the molecule is COC(=O)Cc1c(-c2ccccc2)n[nH]c1-c1ccccc1. The first-order valence-electron chi connectivity index (χ1n) is 7.04. The first-order valence-corrected chi connectivity index (χ1v) is 7.04. The van der Waals surface area contributed by atoms with Gasteiger partial charge in [0.25, 0.3) is 0 Å². The summed E-state index contributed by atoms with van der Waals surface area (Å²) in [5.41, 5.74) is 4.45. The van der Waals surface area contributed by atoms with E-state index in [4.69, 9.17) is 4.74 Å². The summed E-state index contributed by atoms with van der Waals surface area (Å²) in [6.07, 6.45) is 0.182. The van der Waals surface area contributed by atoms with Crippen LogP contribution in [0.5, 0.6) is 0 Å². The molecule has 0 saturated heterocycles. The Morgan fingerprint density at radius 1 is 1.00 bits per heavy atom. The van der Waals surface area contributed by atoms with Gasteiger partial charge in [0.15, 0.2) is 0 Å². The molecule has 4 heteroatoms.